The highest BCUT2D eigenvalue weighted by Gasteiger charge is 2.39. The number of carbonyl (C=O) groups excluding carboxylic acids is 1. The molecule has 202 valence electrons. The molecule has 1 saturated heterocycles. The molecular weight excluding hydrogens is 528 g/mol. The fourth-order valence-corrected chi connectivity index (χ4v) is 5.93. The minimum atomic E-state index is -0.289. The third-order valence-corrected chi connectivity index (χ3v) is 7.80. The molecule has 1 N–H and O–H groups in total. The molecule has 0 aromatic heterocycles. The number of amidine groups is 1. The summed E-state index contributed by atoms with van der Waals surface area (Å²) in [6, 6.07) is 11.9. The van der Waals surface area contributed by atoms with Crippen LogP contribution in [0.15, 0.2) is 40.4 Å². The van der Waals surface area contributed by atoms with Crippen LogP contribution in [0.3, 0.4) is 0 Å². The van der Waals surface area contributed by atoms with Gasteiger partial charge in [0.25, 0.3) is 0 Å². The molecule has 0 saturated carbocycles. The Bertz CT molecular complexity index is 1110. The van der Waals surface area contributed by atoms with Crippen LogP contribution in [-0.4, -0.2) is 41.8 Å². The number of nitrogens with zero attached hydrogens (tertiary/aromatic N) is 2. The molecule has 2 atom stereocenters. The average Bonchev–Trinajstić information content (AvgIpc) is 3.13. The van der Waals surface area contributed by atoms with Crippen LogP contribution in [0.25, 0.3) is 0 Å². The van der Waals surface area contributed by atoms with Crippen molar-refractivity contribution < 1.29 is 14.6 Å². The molecule has 0 bridgehead atoms. The SMILES string of the molecule is CCC[C@H]1CN(CC(=O)c2cc(C(C)(C)C)c(O)c(C(C)(C)C)c2)/C(=N\Br)[C@@H]1Cc1ccccc1OC. The summed E-state index contributed by atoms with van der Waals surface area (Å²) in [5, 5.41) is 11.1. The first-order valence-electron chi connectivity index (χ1n) is 13.3. The summed E-state index contributed by atoms with van der Waals surface area (Å²) in [5.41, 5.74) is 2.82. The number of benzene rings is 2. The lowest BCUT2D eigenvalue weighted by Gasteiger charge is -2.28. The molecule has 2 aromatic rings. The van der Waals surface area contributed by atoms with E-state index in [9.17, 15) is 9.90 Å². The van der Waals surface area contributed by atoms with E-state index < -0.39 is 0 Å². The first-order valence-corrected chi connectivity index (χ1v) is 14.0. The Morgan fingerprint density at radius 1 is 1.11 bits per heavy atom. The molecule has 1 fully saturated rings. The molecule has 1 heterocycles. The minimum Gasteiger partial charge on any atom is -0.507 e. The number of Topliss-reactive ketones (excluding diaryl/α,β-unsaturated/α-hetero) is 1. The molecule has 0 aliphatic carbocycles. The molecule has 0 unspecified atom stereocenters. The van der Waals surface area contributed by atoms with Gasteiger partial charge < -0.3 is 14.7 Å². The van der Waals surface area contributed by atoms with Crippen LogP contribution in [0, 0.1) is 11.8 Å². The standard InChI is InChI=1S/C31H43BrN2O3/c1-9-12-21-18-34(29(33-32)23(21)15-20-13-10-11-14-27(20)37-8)19-26(35)22-16-24(30(2,3)4)28(36)25(17-22)31(5,6)7/h10-11,13-14,16-17,21,23,36H,9,12,15,18-19H2,1-8H3/b33-29-/t21-,23+/m0/s1. The molecule has 0 amide bonds. The smallest absolute Gasteiger partial charge is 0.182 e. The van der Waals surface area contributed by atoms with Crippen LogP contribution in [-0.2, 0) is 17.3 Å². The first kappa shape index (κ1) is 29.2. The quantitative estimate of drug-likeness (QED) is 0.334. The number of para-hydroxylation sites is 1. The van der Waals surface area contributed by atoms with E-state index in [-0.39, 0.29) is 29.1 Å². The second-order valence-corrected chi connectivity index (χ2v) is 12.7. The van der Waals surface area contributed by atoms with E-state index in [4.69, 9.17) is 4.74 Å². The number of ketones is 1. The van der Waals surface area contributed by atoms with Gasteiger partial charge in [-0.1, -0.05) is 73.1 Å². The lowest BCUT2D eigenvalue weighted by atomic mass is 9.78. The predicted molar refractivity (Wildman–Crippen MR) is 156 cm³/mol. The molecule has 1 aliphatic rings. The van der Waals surface area contributed by atoms with E-state index in [1.165, 1.54) is 0 Å². The van der Waals surface area contributed by atoms with Crippen LogP contribution in [0.2, 0.25) is 0 Å². The fourth-order valence-electron chi connectivity index (χ4n) is 5.44. The summed E-state index contributed by atoms with van der Waals surface area (Å²) in [7, 11) is 1.71. The number of methoxy groups -OCH3 is 1. The van der Waals surface area contributed by atoms with Gasteiger partial charge in [-0.3, -0.25) is 4.79 Å². The van der Waals surface area contributed by atoms with Gasteiger partial charge in [0.1, 0.15) is 17.3 Å². The van der Waals surface area contributed by atoms with Crippen LogP contribution >= 0.6 is 16.1 Å². The van der Waals surface area contributed by atoms with E-state index in [1.54, 1.807) is 7.11 Å². The van der Waals surface area contributed by atoms with Crippen molar-refractivity contribution in [3.63, 3.8) is 0 Å². The maximum Gasteiger partial charge on any atom is 0.182 e. The van der Waals surface area contributed by atoms with Crippen molar-refractivity contribution >= 4 is 27.8 Å². The Morgan fingerprint density at radius 2 is 1.70 bits per heavy atom. The average molecular weight is 572 g/mol. The number of carbonyl (C=O) groups is 1. The molecule has 0 spiro atoms. The maximum absolute atomic E-state index is 13.7. The van der Waals surface area contributed by atoms with Crippen LogP contribution in [0.4, 0.5) is 0 Å². The normalized spacial score (nSPS) is 19.5. The number of phenols is 1. The van der Waals surface area contributed by atoms with Gasteiger partial charge in [0.05, 0.1) is 29.8 Å². The zero-order valence-corrected chi connectivity index (χ0v) is 25.3. The Kier molecular flexibility index (Phi) is 9.15. The summed E-state index contributed by atoms with van der Waals surface area (Å²) < 4.78 is 10.1. The van der Waals surface area contributed by atoms with Crippen molar-refractivity contribution in [1.29, 1.82) is 0 Å². The molecular formula is C31H43BrN2O3. The van der Waals surface area contributed by atoms with Crippen molar-refractivity contribution in [2.45, 2.75) is 78.6 Å². The molecule has 0 radical (unpaired) electrons. The lowest BCUT2D eigenvalue weighted by Crippen LogP contribution is -2.33. The van der Waals surface area contributed by atoms with Crippen molar-refractivity contribution in [3.8, 4) is 11.5 Å². The largest absolute Gasteiger partial charge is 0.507 e. The summed E-state index contributed by atoms with van der Waals surface area (Å²) in [5.74, 6) is 2.73. The topological polar surface area (TPSA) is 62.1 Å². The van der Waals surface area contributed by atoms with Gasteiger partial charge in [-0.25, -0.2) is 0 Å². The predicted octanol–water partition coefficient (Wildman–Crippen LogP) is 7.48. The number of rotatable bonds is 8. The Hall–Kier alpha value is -2.34. The second-order valence-electron chi connectivity index (χ2n) is 12.3. The van der Waals surface area contributed by atoms with Gasteiger partial charge in [-0.15, -0.1) is 0 Å². The molecule has 37 heavy (non-hydrogen) atoms. The van der Waals surface area contributed by atoms with Crippen molar-refractivity contribution in [3.05, 3.63) is 58.7 Å². The molecule has 5 nitrogen and oxygen atoms in total. The van der Waals surface area contributed by atoms with Gasteiger partial charge in [-0.05, 0) is 53.4 Å². The van der Waals surface area contributed by atoms with Crippen molar-refractivity contribution in [2.24, 2.45) is 15.9 Å². The van der Waals surface area contributed by atoms with Gasteiger partial charge in [0.15, 0.2) is 5.78 Å². The Labute approximate surface area is 231 Å². The van der Waals surface area contributed by atoms with Gasteiger partial charge in [0, 0.05) is 29.2 Å². The van der Waals surface area contributed by atoms with E-state index in [0.29, 0.717) is 17.2 Å². The highest BCUT2D eigenvalue weighted by molar-refractivity contribution is 9.08. The highest BCUT2D eigenvalue weighted by Crippen LogP contribution is 2.40. The lowest BCUT2D eigenvalue weighted by molar-refractivity contribution is 0.0963. The molecule has 6 heteroatoms. The van der Waals surface area contributed by atoms with Gasteiger partial charge >= 0.3 is 0 Å². The summed E-state index contributed by atoms with van der Waals surface area (Å²) in [6.45, 7) is 15.6. The number of ether oxygens (including phenoxy) is 1. The van der Waals surface area contributed by atoms with E-state index in [1.807, 2.05) is 30.3 Å². The highest BCUT2D eigenvalue weighted by atomic mass is 79.9. The van der Waals surface area contributed by atoms with Crippen LogP contribution < -0.4 is 4.74 Å². The van der Waals surface area contributed by atoms with E-state index >= 15 is 0 Å². The monoisotopic (exact) mass is 570 g/mol. The number of aromatic hydroxyl groups is 1. The third-order valence-electron chi connectivity index (χ3n) is 7.44. The number of likely N-dealkylation sites (tertiary alicyclic amines) is 1. The summed E-state index contributed by atoms with van der Waals surface area (Å²) >= 11 is 3.39. The fraction of sp³-hybridized carbons (Fsp3) is 0.548. The molecule has 1 aliphatic heterocycles. The zero-order chi connectivity index (χ0) is 27.5. The van der Waals surface area contributed by atoms with E-state index in [0.717, 1.165) is 54.1 Å². The van der Waals surface area contributed by atoms with Crippen molar-refractivity contribution in [2.75, 3.05) is 20.2 Å². The Balaban J connectivity index is 1.94. The Morgan fingerprint density at radius 3 is 2.22 bits per heavy atom. The number of hydrogen-bond acceptors (Lipinski definition) is 4. The maximum atomic E-state index is 13.7. The number of hydrogen-bond donors (Lipinski definition) is 1. The molecule has 2 aromatic carbocycles. The number of phenolic OH excluding ortho intramolecular Hbond substituents is 1. The first-order chi connectivity index (χ1) is 17.3. The van der Waals surface area contributed by atoms with Crippen LogP contribution in [0.5, 0.6) is 11.5 Å². The minimum absolute atomic E-state index is 0.0397. The summed E-state index contributed by atoms with van der Waals surface area (Å²) in [4.78, 5) is 15.9. The number of halogens is 1. The second kappa shape index (κ2) is 11.6. The van der Waals surface area contributed by atoms with Crippen LogP contribution in [0.1, 0.15) is 88.4 Å². The zero-order valence-electron chi connectivity index (χ0n) is 23.7. The summed E-state index contributed by atoms with van der Waals surface area (Å²) in [6.07, 6.45) is 2.95. The van der Waals surface area contributed by atoms with E-state index in [2.05, 4.69) is 79.6 Å². The molecule has 3 rings (SSSR count). The third kappa shape index (κ3) is 6.57. The van der Waals surface area contributed by atoms with Gasteiger partial charge in [-0.2, -0.15) is 4.02 Å². The van der Waals surface area contributed by atoms with Gasteiger partial charge in [0.2, 0.25) is 0 Å². The van der Waals surface area contributed by atoms with Crippen molar-refractivity contribution in [1.82, 2.24) is 4.90 Å².